The standard InChI is InChI=1S/C23H29F2N5O3/c1-13-16-8-15(23(16,2)3)9-17(13)29-18-11-28-30(21(32)20(18)33-22(24)25)12-19(31)27-10-14-4-6-26-7-5-14/h4-7,11,13,15-17,22,29H,8-10,12H2,1-3H3,(H,27,31)/t13-,15+,16?,17?/m1/s1. The lowest BCUT2D eigenvalue weighted by Crippen LogP contribution is -2.58. The van der Waals surface area contributed by atoms with Crippen molar-refractivity contribution in [3.63, 3.8) is 0 Å². The number of anilines is 1. The van der Waals surface area contributed by atoms with Crippen molar-refractivity contribution in [3.8, 4) is 5.75 Å². The Bertz CT molecular complexity index is 1060. The Morgan fingerprint density at radius 2 is 2.03 bits per heavy atom. The van der Waals surface area contributed by atoms with Gasteiger partial charge in [0.2, 0.25) is 11.7 Å². The van der Waals surface area contributed by atoms with Gasteiger partial charge in [0.1, 0.15) is 12.2 Å². The second-order valence-electron chi connectivity index (χ2n) is 9.57. The number of nitrogens with one attached hydrogen (secondary N) is 2. The molecule has 1 amide bonds. The fourth-order valence-corrected chi connectivity index (χ4v) is 5.32. The molecular weight excluding hydrogens is 432 g/mol. The van der Waals surface area contributed by atoms with Crippen molar-refractivity contribution in [1.82, 2.24) is 20.1 Å². The van der Waals surface area contributed by atoms with Crippen LogP contribution in [0.2, 0.25) is 0 Å². The number of carbonyl (C=O) groups excluding carboxylic acids is 1. The van der Waals surface area contributed by atoms with Gasteiger partial charge in [0, 0.05) is 25.0 Å². The molecule has 2 heterocycles. The molecule has 2 unspecified atom stereocenters. The second-order valence-corrected chi connectivity index (χ2v) is 9.57. The van der Waals surface area contributed by atoms with Crippen molar-refractivity contribution >= 4 is 11.6 Å². The van der Waals surface area contributed by atoms with E-state index in [-0.39, 0.29) is 23.7 Å². The first-order valence-electron chi connectivity index (χ1n) is 11.1. The molecule has 3 aliphatic rings. The van der Waals surface area contributed by atoms with Crippen molar-refractivity contribution < 1.29 is 18.3 Å². The van der Waals surface area contributed by atoms with E-state index in [1.165, 1.54) is 12.6 Å². The Kier molecular flexibility index (Phi) is 6.36. The molecule has 10 heteroatoms. The van der Waals surface area contributed by atoms with E-state index in [9.17, 15) is 18.4 Å². The van der Waals surface area contributed by atoms with Gasteiger partial charge in [0.25, 0.3) is 0 Å². The summed E-state index contributed by atoms with van der Waals surface area (Å²) in [6.07, 6.45) is 6.55. The van der Waals surface area contributed by atoms with Gasteiger partial charge in [-0.25, -0.2) is 4.68 Å². The topological polar surface area (TPSA) is 98.1 Å². The maximum Gasteiger partial charge on any atom is 0.387 e. The summed E-state index contributed by atoms with van der Waals surface area (Å²) < 4.78 is 31.6. The number of fused-ring (bicyclic) bond motifs is 2. The van der Waals surface area contributed by atoms with Gasteiger partial charge >= 0.3 is 12.2 Å². The highest BCUT2D eigenvalue weighted by molar-refractivity contribution is 5.75. The minimum Gasteiger partial charge on any atom is -0.427 e. The number of aromatic nitrogens is 3. The summed E-state index contributed by atoms with van der Waals surface area (Å²) in [5.74, 6) is 0.394. The minimum atomic E-state index is -3.18. The van der Waals surface area contributed by atoms with Crippen LogP contribution >= 0.6 is 0 Å². The van der Waals surface area contributed by atoms with Crippen LogP contribution in [0.3, 0.4) is 0 Å². The van der Waals surface area contributed by atoms with E-state index < -0.39 is 30.4 Å². The molecule has 3 saturated carbocycles. The fraction of sp³-hybridized carbons (Fsp3) is 0.565. The molecular formula is C23H29F2N5O3. The van der Waals surface area contributed by atoms with E-state index in [0.717, 1.165) is 16.7 Å². The minimum absolute atomic E-state index is 0.0301. The summed E-state index contributed by atoms with van der Waals surface area (Å²) in [4.78, 5) is 29.0. The Labute approximate surface area is 190 Å². The summed E-state index contributed by atoms with van der Waals surface area (Å²) in [6, 6.07) is 3.52. The summed E-state index contributed by atoms with van der Waals surface area (Å²) in [5.41, 5.74) is 0.353. The lowest BCUT2D eigenvalue weighted by atomic mass is 9.45. The van der Waals surface area contributed by atoms with Crippen LogP contribution in [0, 0.1) is 23.2 Å². The molecule has 3 fully saturated rings. The Morgan fingerprint density at radius 1 is 1.30 bits per heavy atom. The average molecular weight is 462 g/mol. The molecule has 8 nitrogen and oxygen atoms in total. The van der Waals surface area contributed by atoms with Crippen molar-refractivity contribution in [2.75, 3.05) is 5.32 Å². The number of hydrogen-bond acceptors (Lipinski definition) is 6. The highest BCUT2D eigenvalue weighted by Crippen LogP contribution is 2.61. The highest BCUT2D eigenvalue weighted by Gasteiger charge is 2.56. The van der Waals surface area contributed by atoms with E-state index in [0.29, 0.717) is 17.8 Å². The third kappa shape index (κ3) is 4.69. The Balaban J connectivity index is 1.48. The lowest BCUT2D eigenvalue weighted by molar-refractivity contribution is -0.122. The van der Waals surface area contributed by atoms with Gasteiger partial charge in [0.05, 0.1) is 6.20 Å². The van der Waals surface area contributed by atoms with Crippen molar-refractivity contribution in [2.24, 2.45) is 23.2 Å². The first-order valence-corrected chi connectivity index (χ1v) is 11.1. The lowest BCUT2D eigenvalue weighted by Gasteiger charge is -2.62. The molecule has 2 aromatic rings. The van der Waals surface area contributed by atoms with E-state index in [1.807, 2.05) is 0 Å². The monoisotopic (exact) mass is 461 g/mol. The van der Waals surface area contributed by atoms with Crippen molar-refractivity contribution in [3.05, 3.63) is 46.6 Å². The van der Waals surface area contributed by atoms with Gasteiger partial charge in [-0.05, 0) is 53.7 Å². The molecule has 0 saturated heterocycles. The Morgan fingerprint density at radius 3 is 2.67 bits per heavy atom. The van der Waals surface area contributed by atoms with E-state index >= 15 is 0 Å². The summed E-state index contributed by atoms with van der Waals surface area (Å²) in [5, 5.41) is 9.93. The summed E-state index contributed by atoms with van der Waals surface area (Å²) in [7, 11) is 0. The van der Waals surface area contributed by atoms with Gasteiger partial charge in [-0.1, -0.05) is 20.8 Å². The molecule has 0 spiro atoms. The molecule has 0 aromatic carbocycles. The van der Waals surface area contributed by atoms with E-state index in [2.05, 4.69) is 46.2 Å². The number of ether oxygens (including phenoxy) is 1. The van der Waals surface area contributed by atoms with Crippen LogP contribution in [0.1, 0.15) is 39.2 Å². The number of halogens is 2. The SMILES string of the molecule is C[C@H]1C(Nc2cnn(CC(=O)NCc3ccncc3)c(=O)c2OC(F)F)C[C@@H]2CC1C2(C)C. The van der Waals surface area contributed by atoms with Crippen LogP contribution in [0.5, 0.6) is 5.75 Å². The van der Waals surface area contributed by atoms with Crippen LogP contribution in [0.15, 0.2) is 35.5 Å². The zero-order valence-electron chi connectivity index (χ0n) is 18.9. The van der Waals surface area contributed by atoms with Crippen LogP contribution in [-0.4, -0.2) is 33.3 Å². The quantitative estimate of drug-likeness (QED) is 0.627. The Hall–Kier alpha value is -3.04. The third-order valence-electron chi connectivity index (χ3n) is 7.43. The van der Waals surface area contributed by atoms with Gasteiger partial charge in [0.15, 0.2) is 0 Å². The first kappa shape index (κ1) is 23.1. The molecule has 0 radical (unpaired) electrons. The van der Waals surface area contributed by atoms with Crippen LogP contribution in [0.4, 0.5) is 14.5 Å². The van der Waals surface area contributed by atoms with Crippen LogP contribution < -0.4 is 20.9 Å². The molecule has 178 valence electrons. The van der Waals surface area contributed by atoms with Crippen LogP contribution in [-0.2, 0) is 17.9 Å². The van der Waals surface area contributed by atoms with E-state index in [4.69, 9.17) is 0 Å². The van der Waals surface area contributed by atoms with E-state index in [1.54, 1.807) is 24.5 Å². The second kappa shape index (κ2) is 9.07. The number of hydrogen-bond donors (Lipinski definition) is 2. The number of carbonyl (C=O) groups is 1. The smallest absolute Gasteiger partial charge is 0.387 e. The molecule has 33 heavy (non-hydrogen) atoms. The summed E-state index contributed by atoms with van der Waals surface area (Å²) in [6.45, 7) is 3.34. The maximum absolute atomic E-state index is 13.1. The van der Waals surface area contributed by atoms with Gasteiger partial charge < -0.3 is 15.4 Å². The average Bonchev–Trinajstić information content (AvgIpc) is 2.78. The zero-order chi connectivity index (χ0) is 23.8. The molecule has 5 rings (SSSR count). The normalized spacial score (nSPS) is 25.3. The van der Waals surface area contributed by atoms with Gasteiger partial charge in [-0.3, -0.25) is 14.6 Å². The molecule has 2 aromatic heterocycles. The molecule has 2 bridgehead atoms. The first-order chi connectivity index (χ1) is 15.7. The number of alkyl halides is 2. The number of pyridine rings is 1. The van der Waals surface area contributed by atoms with Gasteiger partial charge in [-0.15, -0.1) is 0 Å². The predicted octanol–water partition coefficient (Wildman–Crippen LogP) is 3.04. The number of amides is 1. The molecule has 4 atom stereocenters. The highest BCUT2D eigenvalue weighted by atomic mass is 19.3. The van der Waals surface area contributed by atoms with Gasteiger partial charge in [-0.2, -0.15) is 13.9 Å². The fourth-order valence-electron chi connectivity index (χ4n) is 5.32. The summed E-state index contributed by atoms with van der Waals surface area (Å²) >= 11 is 0. The van der Waals surface area contributed by atoms with Crippen LogP contribution in [0.25, 0.3) is 0 Å². The molecule has 0 aliphatic heterocycles. The third-order valence-corrected chi connectivity index (χ3v) is 7.43. The van der Waals surface area contributed by atoms with Crippen molar-refractivity contribution in [1.29, 1.82) is 0 Å². The predicted molar refractivity (Wildman–Crippen MR) is 118 cm³/mol. The van der Waals surface area contributed by atoms with Crippen molar-refractivity contribution in [2.45, 2.75) is 59.4 Å². The molecule has 3 aliphatic carbocycles. The number of nitrogens with zero attached hydrogens (tertiary/aromatic N) is 3. The zero-order valence-corrected chi connectivity index (χ0v) is 18.9. The maximum atomic E-state index is 13.1. The largest absolute Gasteiger partial charge is 0.427 e. The molecule has 2 N–H and O–H groups in total. The number of rotatable bonds is 8.